The molecule has 0 aliphatic carbocycles. The normalized spacial score (nSPS) is 10.8. The second-order valence-corrected chi connectivity index (χ2v) is 16.9. The van der Waals surface area contributed by atoms with E-state index < -0.39 is 17.9 Å². The number of aliphatic carboxylic acids is 3. The summed E-state index contributed by atoms with van der Waals surface area (Å²) in [4.78, 5) is 30.9. The zero-order chi connectivity index (χ0) is 41.8. The van der Waals surface area contributed by atoms with E-state index in [4.69, 9.17) is 15.3 Å². The van der Waals surface area contributed by atoms with E-state index in [1.165, 1.54) is 225 Å². The number of rotatable bonds is 44. The molecule has 0 spiro atoms. The van der Waals surface area contributed by atoms with Crippen molar-refractivity contribution < 1.29 is 29.7 Å². The van der Waals surface area contributed by atoms with Crippen LogP contribution in [-0.2, 0) is 14.4 Å². The highest BCUT2D eigenvalue weighted by Gasteiger charge is 1.99. The fourth-order valence-electron chi connectivity index (χ4n) is 7.24. The SMILES string of the molecule is CCCCCCCCCCCCCCCC(=O)O.CCCCCCCCCCCCCCCC(=O)O.CCCCCCCCCCCCCCCCCC(=O)O. The Hall–Kier alpha value is -1.59. The molecule has 0 atom stereocenters. The zero-order valence-electron chi connectivity index (χ0n) is 38.2. The van der Waals surface area contributed by atoms with Crippen LogP contribution in [0.2, 0.25) is 0 Å². The number of carbonyl (C=O) groups is 3. The fourth-order valence-corrected chi connectivity index (χ4v) is 7.24. The first-order valence-corrected chi connectivity index (χ1v) is 25.0. The summed E-state index contributed by atoms with van der Waals surface area (Å²) in [6, 6.07) is 0. The Morgan fingerprint density at radius 2 is 0.321 bits per heavy atom. The number of unbranched alkanes of at least 4 members (excludes halogenated alkanes) is 38. The van der Waals surface area contributed by atoms with Gasteiger partial charge in [-0.15, -0.1) is 0 Å². The van der Waals surface area contributed by atoms with E-state index in [0.717, 1.165) is 38.5 Å². The van der Waals surface area contributed by atoms with Crippen molar-refractivity contribution >= 4 is 17.9 Å². The van der Waals surface area contributed by atoms with Crippen LogP contribution in [0.15, 0.2) is 0 Å². The van der Waals surface area contributed by atoms with Crippen molar-refractivity contribution in [2.45, 2.75) is 303 Å². The molecule has 0 radical (unpaired) electrons. The summed E-state index contributed by atoms with van der Waals surface area (Å²) in [6.45, 7) is 6.79. The molecule has 0 aromatic carbocycles. The summed E-state index contributed by atoms with van der Waals surface area (Å²) in [5.74, 6) is -1.96. The molecule has 0 heterocycles. The van der Waals surface area contributed by atoms with E-state index in [9.17, 15) is 14.4 Å². The maximum Gasteiger partial charge on any atom is 0.303 e. The molecule has 0 bridgehead atoms. The van der Waals surface area contributed by atoms with E-state index in [2.05, 4.69) is 20.8 Å². The smallest absolute Gasteiger partial charge is 0.303 e. The van der Waals surface area contributed by atoms with Gasteiger partial charge in [-0.25, -0.2) is 0 Å². The number of hydrogen-bond acceptors (Lipinski definition) is 3. The zero-order valence-corrected chi connectivity index (χ0v) is 38.2. The van der Waals surface area contributed by atoms with E-state index >= 15 is 0 Å². The van der Waals surface area contributed by atoms with Crippen molar-refractivity contribution in [3.63, 3.8) is 0 Å². The third-order valence-electron chi connectivity index (χ3n) is 11.0. The lowest BCUT2D eigenvalue weighted by molar-refractivity contribution is -0.138. The quantitative estimate of drug-likeness (QED) is 0.0529. The van der Waals surface area contributed by atoms with Gasteiger partial charge in [0.15, 0.2) is 0 Å². The molecule has 6 nitrogen and oxygen atoms in total. The van der Waals surface area contributed by atoms with Gasteiger partial charge in [0.25, 0.3) is 0 Å². The molecule has 0 aliphatic heterocycles. The summed E-state index contributed by atoms with van der Waals surface area (Å²) in [5.41, 5.74) is 0. The van der Waals surface area contributed by atoms with Crippen LogP contribution >= 0.6 is 0 Å². The van der Waals surface area contributed by atoms with E-state index in [0.29, 0.717) is 19.3 Å². The summed E-state index contributed by atoms with van der Waals surface area (Å²) in [5, 5.41) is 25.5. The first kappa shape index (κ1) is 58.7. The second-order valence-electron chi connectivity index (χ2n) is 16.9. The predicted octanol–water partition coefficient (Wildman–Crippen LogP) is 17.4. The molecule has 6 heteroatoms. The van der Waals surface area contributed by atoms with E-state index in [-0.39, 0.29) is 0 Å². The highest BCUT2D eigenvalue weighted by atomic mass is 16.4. The minimum atomic E-state index is -0.655. The van der Waals surface area contributed by atoms with E-state index in [1.807, 2.05) is 0 Å². The van der Waals surface area contributed by atoms with Gasteiger partial charge in [-0.2, -0.15) is 0 Å². The largest absolute Gasteiger partial charge is 0.481 e. The number of hydrogen-bond donors (Lipinski definition) is 3. The summed E-state index contributed by atoms with van der Waals surface area (Å²) in [7, 11) is 0. The number of carboxylic acids is 3. The van der Waals surface area contributed by atoms with Crippen molar-refractivity contribution in [2.75, 3.05) is 0 Å². The highest BCUT2D eigenvalue weighted by Crippen LogP contribution is 2.16. The Morgan fingerprint density at radius 1 is 0.214 bits per heavy atom. The molecule has 0 aliphatic rings. The van der Waals surface area contributed by atoms with Crippen LogP contribution < -0.4 is 0 Å². The average molecular weight is 797 g/mol. The molecule has 336 valence electrons. The van der Waals surface area contributed by atoms with Gasteiger partial charge in [0, 0.05) is 19.3 Å². The summed E-state index contributed by atoms with van der Waals surface area (Å²) >= 11 is 0. The van der Waals surface area contributed by atoms with Gasteiger partial charge in [-0.1, -0.05) is 265 Å². The Kier molecular flexibility index (Phi) is 58.2. The molecule has 0 saturated heterocycles. The maximum atomic E-state index is 10.3. The van der Waals surface area contributed by atoms with Gasteiger partial charge < -0.3 is 15.3 Å². The van der Waals surface area contributed by atoms with Crippen LogP contribution in [0.5, 0.6) is 0 Å². The van der Waals surface area contributed by atoms with Crippen molar-refractivity contribution in [3.8, 4) is 0 Å². The van der Waals surface area contributed by atoms with Crippen LogP contribution in [-0.4, -0.2) is 33.2 Å². The van der Waals surface area contributed by atoms with Crippen molar-refractivity contribution in [3.05, 3.63) is 0 Å². The predicted molar refractivity (Wildman–Crippen MR) is 243 cm³/mol. The molecule has 0 aromatic rings. The molecule has 0 rings (SSSR count). The standard InChI is InChI=1S/C18H36O2.2C16H32O2/c1-2-3-4-5-6-7-8-9-10-11-12-13-14-15-16-17-18(19)20;2*1-2-3-4-5-6-7-8-9-10-11-12-13-14-15-16(17)18/h2-17H2,1H3,(H,19,20);2*2-15H2,1H3,(H,17,18). The van der Waals surface area contributed by atoms with Gasteiger partial charge in [-0.05, 0) is 19.3 Å². The van der Waals surface area contributed by atoms with Crippen LogP contribution in [0, 0.1) is 0 Å². The molecular weight excluding hydrogens is 697 g/mol. The average Bonchev–Trinajstić information content (AvgIpc) is 3.17. The second kappa shape index (κ2) is 55.5. The molecular formula is C50H100O6. The Labute approximate surface area is 350 Å². The first-order valence-electron chi connectivity index (χ1n) is 25.0. The molecule has 0 amide bonds. The van der Waals surface area contributed by atoms with Gasteiger partial charge in [0.1, 0.15) is 0 Å². The topological polar surface area (TPSA) is 112 Å². The minimum absolute atomic E-state index is 0.345. The van der Waals surface area contributed by atoms with Crippen molar-refractivity contribution in [1.82, 2.24) is 0 Å². The van der Waals surface area contributed by atoms with Crippen LogP contribution in [0.4, 0.5) is 0 Å². The van der Waals surface area contributed by atoms with Gasteiger partial charge >= 0.3 is 17.9 Å². The lowest BCUT2D eigenvalue weighted by atomic mass is 10.0. The Balaban J connectivity index is -0.000000754. The lowest BCUT2D eigenvalue weighted by Crippen LogP contribution is -1.93. The monoisotopic (exact) mass is 797 g/mol. The third kappa shape index (κ3) is 67.2. The third-order valence-corrected chi connectivity index (χ3v) is 11.0. The van der Waals surface area contributed by atoms with E-state index in [1.54, 1.807) is 0 Å². The first-order chi connectivity index (χ1) is 27.3. The maximum absolute atomic E-state index is 10.3. The van der Waals surface area contributed by atoms with Crippen molar-refractivity contribution in [1.29, 1.82) is 0 Å². The van der Waals surface area contributed by atoms with Gasteiger partial charge in [0.05, 0.1) is 0 Å². The van der Waals surface area contributed by atoms with Crippen molar-refractivity contribution in [2.24, 2.45) is 0 Å². The van der Waals surface area contributed by atoms with Crippen LogP contribution in [0.1, 0.15) is 303 Å². The molecule has 56 heavy (non-hydrogen) atoms. The molecule has 0 saturated carbocycles. The molecule has 0 unspecified atom stereocenters. The highest BCUT2D eigenvalue weighted by molar-refractivity contribution is 5.67. The Bertz CT molecular complexity index is 714. The summed E-state index contributed by atoms with van der Waals surface area (Å²) < 4.78 is 0. The fraction of sp³-hybridized carbons (Fsp3) is 0.940. The van der Waals surface area contributed by atoms with Gasteiger partial charge in [-0.3, -0.25) is 14.4 Å². The summed E-state index contributed by atoms with van der Waals surface area (Å²) in [6.07, 6.45) is 54.7. The molecule has 3 N–H and O–H groups in total. The minimum Gasteiger partial charge on any atom is -0.481 e. The van der Waals surface area contributed by atoms with Gasteiger partial charge in [0.2, 0.25) is 0 Å². The Morgan fingerprint density at radius 3 is 0.429 bits per heavy atom. The molecule has 0 fully saturated rings. The van der Waals surface area contributed by atoms with Crippen LogP contribution in [0.25, 0.3) is 0 Å². The van der Waals surface area contributed by atoms with Crippen LogP contribution in [0.3, 0.4) is 0 Å². The lowest BCUT2D eigenvalue weighted by Gasteiger charge is -2.03. The number of carboxylic acid groups (broad SMARTS) is 3. The molecule has 0 aromatic heterocycles.